The van der Waals surface area contributed by atoms with Crippen LogP contribution in [0, 0.1) is 0 Å². The van der Waals surface area contributed by atoms with Gasteiger partial charge in [0, 0.05) is 19.3 Å². The summed E-state index contributed by atoms with van der Waals surface area (Å²) in [6, 6.07) is 2.77. The Morgan fingerprint density at radius 1 is 1.47 bits per heavy atom. The molecule has 1 aromatic rings. The van der Waals surface area contributed by atoms with Crippen molar-refractivity contribution in [2.45, 2.75) is 6.92 Å². The first-order valence-corrected chi connectivity index (χ1v) is 6.04. The van der Waals surface area contributed by atoms with Gasteiger partial charge >= 0.3 is 5.97 Å². The van der Waals surface area contributed by atoms with Crippen LogP contribution in [0.15, 0.2) is 12.1 Å². The lowest BCUT2D eigenvalue weighted by Gasteiger charge is -2.22. The summed E-state index contributed by atoms with van der Waals surface area (Å²) in [6.07, 6.45) is 0. The number of nitrogen functional groups attached to an aromatic ring is 1. The first-order valence-electron chi connectivity index (χ1n) is 5.67. The van der Waals surface area contributed by atoms with Crippen LogP contribution in [0.3, 0.4) is 0 Å². The van der Waals surface area contributed by atoms with Gasteiger partial charge in [-0.05, 0) is 19.1 Å². The van der Waals surface area contributed by atoms with Gasteiger partial charge in [0.25, 0.3) is 0 Å². The third kappa shape index (κ3) is 3.75. The summed E-state index contributed by atoms with van der Waals surface area (Å²) in [5, 5.41) is 12.0. The number of nitrogens with two attached hydrogens (primary N) is 1. The van der Waals surface area contributed by atoms with E-state index < -0.39 is 5.97 Å². The molecule has 1 aromatic carbocycles. The van der Waals surface area contributed by atoms with Crippen LogP contribution in [0.1, 0.15) is 17.3 Å². The van der Waals surface area contributed by atoms with E-state index in [4.69, 9.17) is 22.4 Å². The zero-order valence-electron chi connectivity index (χ0n) is 10.7. The average Bonchev–Trinajstić information content (AvgIpc) is 2.27. The van der Waals surface area contributed by atoms with Gasteiger partial charge in [0.1, 0.15) is 0 Å². The van der Waals surface area contributed by atoms with Crippen LogP contribution in [-0.4, -0.2) is 37.1 Å². The molecule has 0 spiro atoms. The van der Waals surface area contributed by atoms with Crippen LogP contribution in [0.25, 0.3) is 0 Å². The molecule has 4 N–H and O–H groups in total. The smallest absolute Gasteiger partial charge is 0.337 e. The molecule has 0 bridgehead atoms. The minimum atomic E-state index is -1.15. The Labute approximate surface area is 116 Å². The molecule has 0 atom stereocenters. The molecule has 0 radical (unpaired) electrons. The van der Waals surface area contributed by atoms with Crippen molar-refractivity contribution in [1.29, 1.82) is 0 Å². The quantitative estimate of drug-likeness (QED) is 0.706. The number of hydrogen-bond donors (Lipinski definition) is 3. The number of carbonyl (C=O) groups is 2. The number of nitrogens with zero attached hydrogens (tertiary/aromatic N) is 1. The molecule has 7 heteroatoms. The molecule has 0 saturated heterocycles. The molecule has 1 rings (SSSR count). The third-order valence-electron chi connectivity index (χ3n) is 2.45. The number of benzene rings is 1. The molecule has 0 unspecified atom stereocenters. The van der Waals surface area contributed by atoms with Gasteiger partial charge in [-0.15, -0.1) is 0 Å². The molecule has 19 heavy (non-hydrogen) atoms. The van der Waals surface area contributed by atoms with E-state index in [-0.39, 0.29) is 34.4 Å². The average molecular weight is 286 g/mol. The van der Waals surface area contributed by atoms with Gasteiger partial charge in [0.05, 0.1) is 22.8 Å². The van der Waals surface area contributed by atoms with Crippen molar-refractivity contribution in [2.75, 3.05) is 30.8 Å². The van der Waals surface area contributed by atoms with Gasteiger partial charge in [-0.1, -0.05) is 11.6 Å². The highest BCUT2D eigenvalue weighted by Crippen LogP contribution is 2.31. The van der Waals surface area contributed by atoms with Gasteiger partial charge in [-0.25, -0.2) is 4.79 Å². The number of rotatable bonds is 5. The Kier molecular flexibility index (Phi) is 5.00. The van der Waals surface area contributed by atoms with Crippen LogP contribution in [0.5, 0.6) is 0 Å². The van der Waals surface area contributed by atoms with Crippen molar-refractivity contribution in [3.05, 3.63) is 22.7 Å². The number of likely N-dealkylation sites (N-methyl/N-ethyl adjacent to an activating group) is 2. The van der Waals surface area contributed by atoms with Crippen molar-refractivity contribution >= 4 is 34.9 Å². The molecule has 0 heterocycles. The second kappa shape index (κ2) is 6.29. The van der Waals surface area contributed by atoms with Gasteiger partial charge in [-0.3, -0.25) is 4.79 Å². The van der Waals surface area contributed by atoms with Gasteiger partial charge < -0.3 is 21.1 Å². The maximum absolute atomic E-state index is 11.5. The van der Waals surface area contributed by atoms with E-state index >= 15 is 0 Å². The summed E-state index contributed by atoms with van der Waals surface area (Å²) in [5.41, 5.74) is 6.07. The number of aromatic carboxylic acids is 1. The van der Waals surface area contributed by atoms with Crippen molar-refractivity contribution in [2.24, 2.45) is 0 Å². The van der Waals surface area contributed by atoms with E-state index in [1.807, 2.05) is 0 Å². The second-order valence-electron chi connectivity index (χ2n) is 4.01. The molecule has 0 aliphatic heterocycles. The second-order valence-corrected chi connectivity index (χ2v) is 4.42. The lowest BCUT2D eigenvalue weighted by Crippen LogP contribution is -2.35. The van der Waals surface area contributed by atoms with Crippen LogP contribution < -0.4 is 16.0 Å². The van der Waals surface area contributed by atoms with E-state index in [2.05, 4.69) is 5.32 Å². The van der Waals surface area contributed by atoms with E-state index in [0.717, 1.165) is 0 Å². The summed E-state index contributed by atoms with van der Waals surface area (Å²) in [4.78, 5) is 24.2. The number of carbonyl (C=O) groups excluding carboxylic acids is 1. The number of carboxylic acids is 1. The SMILES string of the molecule is CCNC(=O)CN(C)c1c(Cl)cc(N)cc1C(=O)O. The third-order valence-corrected chi connectivity index (χ3v) is 2.74. The fourth-order valence-corrected chi connectivity index (χ4v) is 2.09. The molecule has 1 amide bonds. The van der Waals surface area contributed by atoms with Crippen molar-refractivity contribution in [3.63, 3.8) is 0 Å². The molecule has 0 aromatic heterocycles. The maximum atomic E-state index is 11.5. The highest BCUT2D eigenvalue weighted by atomic mass is 35.5. The van der Waals surface area contributed by atoms with Gasteiger partial charge in [-0.2, -0.15) is 0 Å². The normalized spacial score (nSPS) is 10.1. The summed E-state index contributed by atoms with van der Waals surface area (Å²) >= 11 is 6.02. The molecule has 0 aliphatic rings. The van der Waals surface area contributed by atoms with Crippen molar-refractivity contribution in [1.82, 2.24) is 5.32 Å². The fraction of sp³-hybridized carbons (Fsp3) is 0.333. The summed E-state index contributed by atoms with van der Waals surface area (Å²) < 4.78 is 0. The number of carboxylic acid groups (broad SMARTS) is 1. The molecular weight excluding hydrogens is 270 g/mol. The number of anilines is 2. The summed E-state index contributed by atoms with van der Waals surface area (Å²) in [5.74, 6) is -1.36. The standard InChI is InChI=1S/C12H16ClN3O3/c1-3-15-10(17)6-16(2)11-8(12(18)19)4-7(14)5-9(11)13/h4-5H,3,6,14H2,1-2H3,(H,15,17)(H,18,19). The molecule has 6 nitrogen and oxygen atoms in total. The zero-order valence-corrected chi connectivity index (χ0v) is 11.5. The maximum Gasteiger partial charge on any atom is 0.337 e. The topological polar surface area (TPSA) is 95.7 Å². The molecule has 0 aliphatic carbocycles. The number of halogens is 1. The zero-order chi connectivity index (χ0) is 14.6. The predicted molar refractivity (Wildman–Crippen MR) is 74.8 cm³/mol. The largest absolute Gasteiger partial charge is 0.478 e. The van der Waals surface area contributed by atoms with E-state index in [1.54, 1.807) is 14.0 Å². The Morgan fingerprint density at radius 3 is 2.63 bits per heavy atom. The van der Waals surface area contributed by atoms with Crippen molar-refractivity contribution in [3.8, 4) is 0 Å². The first kappa shape index (κ1) is 15.1. The summed E-state index contributed by atoms with van der Waals surface area (Å²) in [6.45, 7) is 2.32. The predicted octanol–water partition coefficient (Wildman–Crippen LogP) is 1.19. The highest BCUT2D eigenvalue weighted by molar-refractivity contribution is 6.34. The monoisotopic (exact) mass is 285 g/mol. The van der Waals surface area contributed by atoms with Crippen LogP contribution >= 0.6 is 11.6 Å². The minimum Gasteiger partial charge on any atom is -0.478 e. The lowest BCUT2D eigenvalue weighted by atomic mass is 10.1. The van der Waals surface area contributed by atoms with Gasteiger partial charge in [0.2, 0.25) is 5.91 Å². The number of amides is 1. The molecule has 104 valence electrons. The van der Waals surface area contributed by atoms with Crippen LogP contribution in [0.4, 0.5) is 11.4 Å². The molecular formula is C12H16ClN3O3. The van der Waals surface area contributed by atoms with E-state index in [9.17, 15) is 9.59 Å². The number of hydrogen-bond acceptors (Lipinski definition) is 4. The Hall–Kier alpha value is -1.95. The van der Waals surface area contributed by atoms with Crippen molar-refractivity contribution < 1.29 is 14.7 Å². The van der Waals surface area contributed by atoms with E-state index in [1.165, 1.54) is 17.0 Å². The van der Waals surface area contributed by atoms with Gasteiger partial charge in [0.15, 0.2) is 0 Å². The summed E-state index contributed by atoms with van der Waals surface area (Å²) in [7, 11) is 1.60. The Bertz CT molecular complexity index is 505. The minimum absolute atomic E-state index is 0.0117. The molecule has 0 fully saturated rings. The van der Waals surface area contributed by atoms with E-state index in [0.29, 0.717) is 6.54 Å². The number of nitrogens with one attached hydrogen (secondary N) is 1. The lowest BCUT2D eigenvalue weighted by molar-refractivity contribution is -0.119. The fourth-order valence-electron chi connectivity index (χ4n) is 1.72. The first-order chi connectivity index (χ1) is 8.86. The van der Waals surface area contributed by atoms with Crippen LogP contribution in [0.2, 0.25) is 5.02 Å². The Balaban J connectivity index is 3.11. The van der Waals surface area contributed by atoms with Crippen LogP contribution in [-0.2, 0) is 4.79 Å². The highest BCUT2D eigenvalue weighted by Gasteiger charge is 2.19. The Morgan fingerprint density at radius 2 is 2.11 bits per heavy atom. The molecule has 0 saturated carbocycles.